The van der Waals surface area contributed by atoms with Crippen molar-refractivity contribution in [3.8, 4) is 17.2 Å². The molecule has 9 heteroatoms. The van der Waals surface area contributed by atoms with E-state index in [1.807, 2.05) is 30.3 Å². The summed E-state index contributed by atoms with van der Waals surface area (Å²) >= 11 is 0. The molecule has 0 atom stereocenters. The van der Waals surface area contributed by atoms with E-state index in [0.29, 0.717) is 34.9 Å². The SMILES string of the molecule is COc1cc(C(=O)Nc2ccc(S(=O)(=O)NCCc3ccccc3)cc2)cc(OC)c1OC. The molecule has 0 saturated heterocycles. The van der Waals surface area contributed by atoms with E-state index in [0.717, 1.165) is 5.56 Å². The number of ether oxygens (including phenoxy) is 3. The zero-order chi connectivity index (χ0) is 23.8. The van der Waals surface area contributed by atoms with E-state index in [1.54, 1.807) is 0 Å². The minimum absolute atomic E-state index is 0.112. The van der Waals surface area contributed by atoms with Crippen LogP contribution in [0.5, 0.6) is 17.2 Å². The summed E-state index contributed by atoms with van der Waals surface area (Å²) in [4.78, 5) is 12.8. The van der Waals surface area contributed by atoms with E-state index in [1.165, 1.54) is 57.7 Å². The Morgan fingerprint density at radius 3 is 2.00 bits per heavy atom. The van der Waals surface area contributed by atoms with Gasteiger partial charge in [0, 0.05) is 17.8 Å². The molecule has 3 aromatic rings. The average Bonchev–Trinajstić information content (AvgIpc) is 2.83. The normalized spacial score (nSPS) is 11.0. The molecule has 3 aromatic carbocycles. The third-order valence-electron chi connectivity index (χ3n) is 4.90. The number of anilines is 1. The van der Waals surface area contributed by atoms with Gasteiger partial charge in [0.25, 0.3) is 5.91 Å². The van der Waals surface area contributed by atoms with E-state index < -0.39 is 15.9 Å². The monoisotopic (exact) mass is 470 g/mol. The van der Waals surface area contributed by atoms with Crippen molar-refractivity contribution < 1.29 is 27.4 Å². The number of nitrogens with one attached hydrogen (secondary N) is 2. The van der Waals surface area contributed by atoms with Crippen molar-refractivity contribution in [2.24, 2.45) is 0 Å². The van der Waals surface area contributed by atoms with Crippen LogP contribution in [0, 0.1) is 0 Å². The van der Waals surface area contributed by atoms with Crippen LogP contribution in [-0.4, -0.2) is 42.2 Å². The summed E-state index contributed by atoms with van der Waals surface area (Å²) in [5.74, 6) is 0.673. The molecule has 0 radical (unpaired) electrons. The largest absolute Gasteiger partial charge is 0.493 e. The second-order valence-corrected chi connectivity index (χ2v) is 8.79. The Balaban J connectivity index is 1.67. The van der Waals surface area contributed by atoms with Crippen molar-refractivity contribution in [1.29, 1.82) is 0 Å². The van der Waals surface area contributed by atoms with Crippen LogP contribution in [0.1, 0.15) is 15.9 Å². The average molecular weight is 471 g/mol. The smallest absolute Gasteiger partial charge is 0.255 e. The first-order valence-electron chi connectivity index (χ1n) is 10.1. The van der Waals surface area contributed by atoms with E-state index in [2.05, 4.69) is 10.0 Å². The molecule has 0 heterocycles. The molecule has 0 saturated carbocycles. The molecule has 0 aliphatic rings. The Morgan fingerprint density at radius 1 is 0.848 bits per heavy atom. The fourth-order valence-electron chi connectivity index (χ4n) is 3.19. The minimum Gasteiger partial charge on any atom is -0.493 e. The van der Waals surface area contributed by atoms with Crippen molar-refractivity contribution in [1.82, 2.24) is 4.72 Å². The van der Waals surface area contributed by atoms with Crippen molar-refractivity contribution in [3.05, 3.63) is 77.9 Å². The van der Waals surface area contributed by atoms with Crippen LogP contribution in [0.2, 0.25) is 0 Å². The molecule has 0 spiro atoms. The van der Waals surface area contributed by atoms with E-state index in [-0.39, 0.29) is 11.4 Å². The van der Waals surface area contributed by atoms with Gasteiger partial charge in [-0.25, -0.2) is 13.1 Å². The zero-order valence-electron chi connectivity index (χ0n) is 18.6. The van der Waals surface area contributed by atoms with Crippen molar-refractivity contribution in [2.75, 3.05) is 33.2 Å². The second kappa shape index (κ2) is 10.8. The Morgan fingerprint density at radius 2 is 1.45 bits per heavy atom. The van der Waals surface area contributed by atoms with Crippen molar-refractivity contribution >= 4 is 21.6 Å². The van der Waals surface area contributed by atoms with E-state index in [4.69, 9.17) is 14.2 Å². The van der Waals surface area contributed by atoms with Gasteiger partial charge in [-0.3, -0.25) is 4.79 Å². The lowest BCUT2D eigenvalue weighted by molar-refractivity contribution is 0.102. The number of carbonyl (C=O) groups excluding carboxylic acids is 1. The number of carbonyl (C=O) groups is 1. The fourth-order valence-corrected chi connectivity index (χ4v) is 4.22. The van der Waals surface area contributed by atoms with Gasteiger partial charge in [-0.1, -0.05) is 30.3 Å². The van der Waals surface area contributed by atoms with Gasteiger partial charge in [-0.15, -0.1) is 0 Å². The summed E-state index contributed by atoms with van der Waals surface area (Å²) in [6.07, 6.45) is 0.586. The fraction of sp³-hybridized carbons (Fsp3) is 0.208. The Kier molecular flexibility index (Phi) is 7.92. The van der Waals surface area contributed by atoms with Gasteiger partial charge in [0.1, 0.15) is 0 Å². The molecule has 0 aliphatic carbocycles. The highest BCUT2D eigenvalue weighted by atomic mass is 32.2. The lowest BCUT2D eigenvalue weighted by atomic mass is 10.1. The summed E-state index contributed by atoms with van der Waals surface area (Å²) in [7, 11) is 0.744. The first-order valence-corrected chi connectivity index (χ1v) is 11.6. The van der Waals surface area contributed by atoms with Gasteiger partial charge in [0.15, 0.2) is 11.5 Å². The van der Waals surface area contributed by atoms with Gasteiger partial charge in [-0.2, -0.15) is 0 Å². The number of hydrogen-bond acceptors (Lipinski definition) is 6. The molecule has 0 aliphatic heterocycles. The van der Waals surface area contributed by atoms with Crippen LogP contribution in [0.4, 0.5) is 5.69 Å². The Hall–Kier alpha value is -3.56. The van der Waals surface area contributed by atoms with Gasteiger partial charge in [0.2, 0.25) is 15.8 Å². The predicted octanol–water partition coefficient (Wildman–Crippen LogP) is 3.49. The Bertz CT molecular complexity index is 1170. The summed E-state index contributed by atoms with van der Waals surface area (Å²) in [5.41, 5.74) is 1.78. The first kappa shape index (κ1) is 24.1. The van der Waals surface area contributed by atoms with Crippen LogP contribution in [0.3, 0.4) is 0 Å². The van der Waals surface area contributed by atoms with Gasteiger partial charge in [0.05, 0.1) is 26.2 Å². The zero-order valence-corrected chi connectivity index (χ0v) is 19.4. The summed E-state index contributed by atoms with van der Waals surface area (Å²) in [6.45, 7) is 0.284. The molecule has 1 amide bonds. The molecule has 8 nitrogen and oxygen atoms in total. The standard InChI is InChI=1S/C24H26N2O6S/c1-30-21-15-18(16-22(31-2)23(21)32-3)24(27)26-19-9-11-20(12-10-19)33(28,29)25-14-13-17-7-5-4-6-8-17/h4-12,15-16,25H,13-14H2,1-3H3,(H,26,27). The van der Waals surface area contributed by atoms with E-state index in [9.17, 15) is 13.2 Å². The maximum Gasteiger partial charge on any atom is 0.255 e. The third-order valence-corrected chi connectivity index (χ3v) is 6.37. The molecule has 2 N–H and O–H groups in total. The number of sulfonamides is 1. The number of amides is 1. The van der Waals surface area contributed by atoms with Crippen LogP contribution >= 0.6 is 0 Å². The highest BCUT2D eigenvalue weighted by molar-refractivity contribution is 7.89. The molecular formula is C24H26N2O6S. The van der Waals surface area contributed by atoms with Gasteiger partial charge < -0.3 is 19.5 Å². The second-order valence-electron chi connectivity index (χ2n) is 7.03. The van der Waals surface area contributed by atoms with E-state index >= 15 is 0 Å². The molecule has 0 aromatic heterocycles. The van der Waals surface area contributed by atoms with Gasteiger partial charge in [-0.05, 0) is 48.4 Å². The molecule has 33 heavy (non-hydrogen) atoms. The quantitative estimate of drug-likeness (QED) is 0.470. The highest BCUT2D eigenvalue weighted by Gasteiger charge is 2.18. The number of rotatable bonds is 10. The Labute approximate surface area is 193 Å². The van der Waals surface area contributed by atoms with Crippen molar-refractivity contribution in [3.63, 3.8) is 0 Å². The first-order chi connectivity index (χ1) is 15.9. The van der Waals surface area contributed by atoms with Gasteiger partial charge >= 0.3 is 0 Å². The van der Waals surface area contributed by atoms with Crippen LogP contribution in [-0.2, 0) is 16.4 Å². The molecular weight excluding hydrogens is 444 g/mol. The highest BCUT2D eigenvalue weighted by Crippen LogP contribution is 2.38. The predicted molar refractivity (Wildman–Crippen MR) is 126 cm³/mol. The molecule has 3 rings (SSSR count). The maximum atomic E-state index is 12.7. The minimum atomic E-state index is -3.66. The molecule has 0 unspecified atom stereocenters. The molecule has 174 valence electrons. The summed E-state index contributed by atoms with van der Waals surface area (Å²) < 4.78 is 43.5. The topological polar surface area (TPSA) is 103 Å². The number of benzene rings is 3. The van der Waals surface area contributed by atoms with Crippen molar-refractivity contribution in [2.45, 2.75) is 11.3 Å². The lowest BCUT2D eigenvalue weighted by Gasteiger charge is -2.14. The third kappa shape index (κ3) is 6.03. The molecule has 0 fully saturated rings. The van der Waals surface area contributed by atoms with Crippen LogP contribution in [0.25, 0.3) is 0 Å². The lowest BCUT2D eigenvalue weighted by Crippen LogP contribution is -2.26. The van der Waals surface area contributed by atoms with Crippen LogP contribution < -0.4 is 24.2 Å². The number of methoxy groups -OCH3 is 3. The van der Waals surface area contributed by atoms with Crippen LogP contribution in [0.15, 0.2) is 71.6 Å². The number of hydrogen-bond donors (Lipinski definition) is 2. The summed E-state index contributed by atoms with van der Waals surface area (Å²) in [5, 5.41) is 2.74. The summed E-state index contributed by atoms with van der Waals surface area (Å²) in [6, 6.07) is 18.6. The maximum absolute atomic E-state index is 12.7. The molecule has 0 bridgehead atoms.